The van der Waals surface area contributed by atoms with Crippen molar-refractivity contribution in [3.8, 4) is 0 Å². The normalized spacial score (nSPS) is 14.6. The van der Waals surface area contributed by atoms with Crippen LogP contribution in [0.15, 0.2) is 60.7 Å². The minimum absolute atomic E-state index is 0.0316. The third kappa shape index (κ3) is 7.19. The predicted molar refractivity (Wildman–Crippen MR) is 122 cm³/mol. The molecule has 1 fully saturated rings. The van der Waals surface area contributed by atoms with E-state index in [1.54, 1.807) is 7.11 Å². The van der Waals surface area contributed by atoms with E-state index in [1.807, 2.05) is 41.3 Å². The Labute approximate surface area is 185 Å². The minimum Gasteiger partial charge on any atom is -0.385 e. The number of carbonyl (C=O) groups is 2. The van der Waals surface area contributed by atoms with E-state index in [2.05, 4.69) is 34.5 Å². The van der Waals surface area contributed by atoms with E-state index in [9.17, 15) is 9.59 Å². The molecular weight excluding hydrogens is 390 g/mol. The molecule has 0 atom stereocenters. The van der Waals surface area contributed by atoms with Gasteiger partial charge in [-0.1, -0.05) is 60.7 Å². The summed E-state index contributed by atoms with van der Waals surface area (Å²) in [6, 6.07) is 20.5. The van der Waals surface area contributed by atoms with Gasteiger partial charge in [-0.15, -0.1) is 0 Å². The molecular formula is C25H33N3O3. The molecule has 1 aliphatic rings. The third-order valence-electron chi connectivity index (χ3n) is 5.72. The number of benzene rings is 2. The fraction of sp³-hybridized carbons (Fsp3) is 0.440. The van der Waals surface area contributed by atoms with Crippen molar-refractivity contribution in [2.75, 3.05) is 53.0 Å². The Hall–Kier alpha value is -2.70. The molecule has 6 nitrogen and oxygen atoms in total. The average Bonchev–Trinajstić information content (AvgIpc) is 2.82. The van der Waals surface area contributed by atoms with Crippen molar-refractivity contribution < 1.29 is 14.3 Å². The Morgan fingerprint density at radius 3 is 2.06 bits per heavy atom. The Kier molecular flexibility index (Phi) is 9.06. The van der Waals surface area contributed by atoms with Crippen LogP contribution in [0, 0.1) is 0 Å². The van der Waals surface area contributed by atoms with E-state index in [0.29, 0.717) is 39.2 Å². The van der Waals surface area contributed by atoms with Crippen molar-refractivity contribution in [1.82, 2.24) is 15.1 Å². The molecule has 0 bridgehead atoms. The molecule has 1 N–H and O–H groups in total. The summed E-state index contributed by atoms with van der Waals surface area (Å²) in [4.78, 5) is 29.2. The highest BCUT2D eigenvalue weighted by Gasteiger charge is 2.25. The van der Waals surface area contributed by atoms with Crippen LogP contribution in [0.5, 0.6) is 0 Å². The molecule has 3 rings (SSSR count). The zero-order valence-corrected chi connectivity index (χ0v) is 18.3. The van der Waals surface area contributed by atoms with Crippen LogP contribution in [-0.4, -0.2) is 74.6 Å². The number of methoxy groups -OCH3 is 1. The quantitative estimate of drug-likeness (QED) is 0.597. The van der Waals surface area contributed by atoms with Crippen LogP contribution in [0.3, 0.4) is 0 Å². The summed E-state index contributed by atoms with van der Waals surface area (Å²) in [6.45, 7) is 4.42. The van der Waals surface area contributed by atoms with Crippen molar-refractivity contribution in [3.05, 3.63) is 71.8 Å². The molecule has 0 aromatic heterocycles. The lowest BCUT2D eigenvalue weighted by Crippen LogP contribution is -2.51. The van der Waals surface area contributed by atoms with Gasteiger partial charge in [-0.25, -0.2) is 0 Å². The van der Waals surface area contributed by atoms with Gasteiger partial charge in [-0.3, -0.25) is 14.5 Å². The lowest BCUT2D eigenvalue weighted by atomic mass is 9.88. The third-order valence-corrected chi connectivity index (χ3v) is 5.72. The van der Waals surface area contributed by atoms with Crippen molar-refractivity contribution in [3.63, 3.8) is 0 Å². The molecule has 0 spiro atoms. The van der Waals surface area contributed by atoms with E-state index in [0.717, 1.165) is 30.6 Å². The Morgan fingerprint density at radius 2 is 1.52 bits per heavy atom. The first-order chi connectivity index (χ1) is 15.2. The summed E-state index contributed by atoms with van der Waals surface area (Å²) in [6.07, 6.45) is 1.27. The minimum atomic E-state index is 0.0316. The number of rotatable bonds is 10. The first-order valence-corrected chi connectivity index (χ1v) is 11.0. The van der Waals surface area contributed by atoms with Gasteiger partial charge in [0, 0.05) is 58.8 Å². The smallest absolute Gasteiger partial charge is 0.234 e. The number of amides is 2. The zero-order valence-electron chi connectivity index (χ0n) is 18.3. The fourth-order valence-corrected chi connectivity index (χ4v) is 3.96. The highest BCUT2D eigenvalue weighted by Crippen LogP contribution is 2.28. The lowest BCUT2D eigenvalue weighted by Gasteiger charge is -2.35. The van der Waals surface area contributed by atoms with Crippen molar-refractivity contribution >= 4 is 11.8 Å². The molecule has 0 aliphatic carbocycles. The molecule has 31 heavy (non-hydrogen) atoms. The Morgan fingerprint density at radius 1 is 0.935 bits per heavy atom. The Bertz CT molecular complexity index is 766. The Balaban J connectivity index is 1.51. The second kappa shape index (κ2) is 12.2. The molecule has 6 heteroatoms. The maximum atomic E-state index is 13.1. The molecule has 2 amide bonds. The van der Waals surface area contributed by atoms with Crippen LogP contribution in [0.2, 0.25) is 0 Å². The van der Waals surface area contributed by atoms with Crippen molar-refractivity contribution in [2.24, 2.45) is 0 Å². The summed E-state index contributed by atoms with van der Waals surface area (Å²) >= 11 is 0. The van der Waals surface area contributed by atoms with Crippen molar-refractivity contribution in [1.29, 1.82) is 0 Å². The topological polar surface area (TPSA) is 61.9 Å². The fourth-order valence-electron chi connectivity index (χ4n) is 3.96. The van der Waals surface area contributed by atoms with Crippen molar-refractivity contribution in [2.45, 2.75) is 18.8 Å². The molecule has 166 valence electrons. The van der Waals surface area contributed by atoms with Gasteiger partial charge in [-0.2, -0.15) is 0 Å². The van der Waals surface area contributed by atoms with E-state index in [-0.39, 0.29) is 17.7 Å². The molecule has 1 heterocycles. The monoisotopic (exact) mass is 423 g/mol. The molecule has 1 saturated heterocycles. The van der Waals surface area contributed by atoms with E-state index in [1.165, 1.54) is 0 Å². The summed E-state index contributed by atoms with van der Waals surface area (Å²) < 4.78 is 4.99. The largest absolute Gasteiger partial charge is 0.385 e. The molecule has 2 aromatic carbocycles. The van der Waals surface area contributed by atoms with Crippen LogP contribution >= 0.6 is 0 Å². The second-order valence-electron chi connectivity index (χ2n) is 7.93. The molecule has 0 radical (unpaired) electrons. The van der Waals surface area contributed by atoms with Gasteiger partial charge >= 0.3 is 0 Å². The SMILES string of the molecule is COCCCNC(=O)CN1CCN(C(=O)CC(c2ccccc2)c2ccccc2)CC1. The van der Waals surface area contributed by atoms with Gasteiger partial charge in [0.05, 0.1) is 6.54 Å². The molecule has 0 saturated carbocycles. The average molecular weight is 424 g/mol. The van der Waals surface area contributed by atoms with E-state index < -0.39 is 0 Å². The molecule has 0 unspecified atom stereocenters. The van der Waals surface area contributed by atoms with Gasteiger partial charge in [0.15, 0.2) is 0 Å². The lowest BCUT2D eigenvalue weighted by molar-refractivity contribution is -0.133. The summed E-state index contributed by atoms with van der Waals surface area (Å²) in [7, 11) is 1.66. The number of ether oxygens (including phenoxy) is 1. The number of nitrogens with one attached hydrogen (secondary N) is 1. The van der Waals surface area contributed by atoms with E-state index in [4.69, 9.17) is 4.74 Å². The van der Waals surface area contributed by atoms with Gasteiger partial charge in [-0.05, 0) is 17.5 Å². The predicted octanol–water partition coefficient (Wildman–Crippen LogP) is 2.51. The standard InChI is InChI=1S/C25H33N3O3/c1-31-18-8-13-26-24(29)20-27-14-16-28(17-15-27)25(30)19-23(21-9-4-2-5-10-21)22-11-6-3-7-12-22/h2-7,9-12,23H,8,13-20H2,1H3,(H,26,29). The van der Waals surface area contributed by atoms with E-state index >= 15 is 0 Å². The van der Waals surface area contributed by atoms with Gasteiger partial charge in [0.25, 0.3) is 0 Å². The van der Waals surface area contributed by atoms with Gasteiger partial charge in [0.1, 0.15) is 0 Å². The summed E-state index contributed by atoms with van der Waals surface area (Å²) in [5.41, 5.74) is 2.32. The maximum Gasteiger partial charge on any atom is 0.234 e. The highest BCUT2D eigenvalue weighted by atomic mass is 16.5. The van der Waals surface area contributed by atoms with Crippen LogP contribution in [-0.2, 0) is 14.3 Å². The van der Waals surface area contributed by atoms with Crippen LogP contribution in [0.4, 0.5) is 0 Å². The highest BCUT2D eigenvalue weighted by molar-refractivity contribution is 5.79. The first-order valence-electron chi connectivity index (χ1n) is 11.0. The number of nitrogens with zero attached hydrogens (tertiary/aromatic N) is 2. The zero-order chi connectivity index (χ0) is 21.9. The number of hydrogen-bond acceptors (Lipinski definition) is 4. The maximum absolute atomic E-state index is 13.1. The number of carbonyl (C=O) groups excluding carboxylic acids is 2. The summed E-state index contributed by atoms with van der Waals surface area (Å²) in [5.74, 6) is 0.247. The van der Waals surface area contributed by atoms with Gasteiger partial charge < -0.3 is 15.0 Å². The van der Waals surface area contributed by atoms with Crippen LogP contribution in [0.25, 0.3) is 0 Å². The summed E-state index contributed by atoms with van der Waals surface area (Å²) in [5, 5.41) is 2.92. The van der Waals surface area contributed by atoms with Gasteiger partial charge in [0.2, 0.25) is 11.8 Å². The molecule has 2 aromatic rings. The second-order valence-corrected chi connectivity index (χ2v) is 7.93. The van der Waals surface area contributed by atoms with Crippen LogP contribution < -0.4 is 5.32 Å². The van der Waals surface area contributed by atoms with Crippen LogP contribution in [0.1, 0.15) is 29.9 Å². The first kappa shape index (κ1) is 23.0. The molecule has 1 aliphatic heterocycles. The number of piperazine rings is 1. The number of hydrogen-bond donors (Lipinski definition) is 1.